The molecule has 0 aromatic heterocycles. The summed E-state index contributed by atoms with van der Waals surface area (Å²) in [5, 5.41) is 0. The van der Waals surface area contributed by atoms with Crippen molar-refractivity contribution in [2.45, 2.75) is 51.4 Å². The molecule has 23 heavy (non-hydrogen) atoms. The van der Waals surface area contributed by atoms with Crippen LogP contribution in [0.15, 0.2) is 6.07 Å². The van der Waals surface area contributed by atoms with Crippen molar-refractivity contribution in [2.24, 2.45) is 5.92 Å². The minimum absolute atomic E-state index is 0.0627. The highest BCUT2D eigenvalue weighted by molar-refractivity contribution is 5.63. The van der Waals surface area contributed by atoms with Crippen LogP contribution < -0.4 is 18.9 Å². The summed E-state index contributed by atoms with van der Waals surface area (Å²) >= 11 is 0. The summed E-state index contributed by atoms with van der Waals surface area (Å²) in [6.07, 6.45) is 2.26. The van der Waals surface area contributed by atoms with Crippen LogP contribution >= 0.6 is 0 Å². The predicted molar refractivity (Wildman–Crippen MR) is 86.8 cm³/mol. The van der Waals surface area contributed by atoms with Crippen LogP contribution in [0.25, 0.3) is 0 Å². The molecule has 0 aliphatic carbocycles. The van der Waals surface area contributed by atoms with E-state index in [1.54, 1.807) is 21.3 Å². The summed E-state index contributed by atoms with van der Waals surface area (Å²) in [6, 6.07) is 1.87. The molecule has 0 saturated carbocycles. The first-order valence-electron chi connectivity index (χ1n) is 8.10. The van der Waals surface area contributed by atoms with Crippen LogP contribution in [-0.2, 0) is 4.74 Å². The highest BCUT2D eigenvalue weighted by Gasteiger charge is 2.49. The molecule has 0 N–H and O–H groups in total. The summed E-state index contributed by atoms with van der Waals surface area (Å²) in [5.74, 6) is 2.85. The lowest BCUT2D eigenvalue weighted by atomic mass is 9.75. The number of hydrogen-bond donors (Lipinski definition) is 0. The van der Waals surface area contributed by atoms with Gasteiger partial charge in [-0.15, -0.1) is 0 Å². The van der Waals surface area contributed by atoms with Crippen LogP contribution in [0.4, 0.5) is 0 Å². The van der Waals surface area contributed by atoms with Gasteiger partial charge >= 0.3 is 0 Å². The molecule has 0 unspecified atom stereocenters. The molecule has 2 aliphatic rings. The Morgan fingerprint density at radius 2 is 1.74 bits per heavy atom. The molecule has 0 spiro atoms. The number of benzene rings is 1. The van der Waals surface area contributed by atoms with Crippen LogP contribution in [-0.4, -0.2) is 33.0 Å². The Labute approximate surface area is 137 Å². The number of hydrogen-bond acceptors (Lipinski definition) is 5. The van der Waals surface area contributed by atoms with Crippen molar-refractivity contribution in [3.05, 3.63) is 11.6 Å². The smallest absolute Gasteiger partial charge is 0.203 e. The molecule has 0 bridgehead atoms. The van der Waals surface area contributed by atoms with Crippen molar-refractivity contribution < 1.29 is 23.7 Å². The van der Waals surface area contributed by atoms with E-state index < -0.39 is 0 Å². The van der Waals surface area contributed by atoms with Crippen LogP contribution in [0.5, 0.6) is 23.0 Å². The standard InChI is InChI=1S/C18H26O5/c1-10-7-8-11-15(22-10)14-12(23-18(11,2)3)9-13(19-4)16(20-5)17(14)21-6/h9-11,15H,7-8H2,1-6H3/t10-,11-,15-/m0/s1. The van der Waals surface area contributed by atoms with Gasteiger partial charge in [-0.3, -0.25) is 0 Å². The minimum atomic E-state index is -0.303. The first-order valence-corrected chi connectivity index (χ1v) is 8.10. The fourth-order valence-corrected chi connectivity index (χ4v) is 3.83. The summed E-state index contributed by atoms with van der Waals surface area (Å²) < 4.78 is 29.3. The monoisotopic (exact) mass is 322 g/mol. The number of rotatable bonds is 3. The second-order valence-corrected chi connectivity index (χ2v) is 6.81. The Balaban J connectivity index is 2.21. The SMILES string of the molecule is COc1cc2c(c(OC)c1OC)[C@H]1O[C@@H](C)CC[C@@H]1C(C)(C)O2. The molecule has 5 heteroatoms. The van der Waals surface area contributed by atoms with E-state index in [9.17, 15) is 0 Å². The summed E-state index contributed by atoms with van der Waals surface area (Å²) in [5.41, 5.74) is 0.628. The van der Waals surface area contributed by atoms with Crippen molar-refractivity contribution in [1.82, 2.24) is 0 Å². The summed E-state index contributed by atoms with van der Waals surface area (Å²) in [6.45, 7) is 6.36. The van der Waals surface area contributed by atoms with Gasteiger partial charge in [-0.2, -0.15) is 0 Å². The average molecular weight is 322 g/mol. The molecule has 2 aliphatic heterocycles. The third kappa shape index (κ3) is 2.51. The maximum Gasteiger partial charge on any atom is 0.203 e. The minimum Gasteiger partial charge on any atom is -0.493 e. The van der Waals surface area contributed by atoms with Gasteiger partial charge < -0.3 is 23.7 Å². The molecule has 0 radical (unpaired) electrons. The Morgan fingerprint density at radius 1 is 1.04 bits per heavy atom. The Morgan fingerprint density at radius 3 is 2.35 bits per heavy atom. The van der Waals surface area contributed by atoms with Crippen LogP contribution in [0.2, 0.25) is 0 Å². The zero-order valence-corrected chi connectivity index (χ0v) is 14.8. The van der Waals surface area contributed by atoms with E-state index >= 15 is 0 Å². The van der Waals surface area contributed by atoms with Crippen molar-refractivity contribution >= 4 is 0 Å². The van der Waals surface area contributed by atoms with Crippen molar-refractivity contribution in [3.63, 3.8) is 0 Å². The summed E-state index contributed by atoms with van der Waals surface area (Å²) in [4.78, 5) is 0. The van der Waals surface area contributed by atoms with E-state index in [1.165, 1.54) is 0 Å². The molecular weight excluding hydrogens is 296 g/mol. The van der Waals surface area contributed by atoms with E-state index in [0.29, 0.717) is 17.2 Å². The van der Waals surface area contributed by atoms with Gasteiger partial charge in [0.1, 0.15) is 11.4 Å². The first-order chi connectivity index (χ1) is 10.9. The molecule has 1 aromatic carbocycles. The lowest BCUT2D eigenvalue weighted by Gasteiger charge is -2.48. The van der Waals surface area contributed by atoms with Crippen LogP contribution in [0.3, 0.4) is 0 Å². The average Bonchev–Trinajstić information content (AvgIpc) is 2.52. The Kier molecular flexibility index (Phi) is 4.08. The molecule has 1 aromatic rings. The molecule has 1 saturated heterocycles. The molecule has 128 valence electrons. The third-order valence-corrected chi connectivity index (χ3v) is 5.01. The second-order valence-electron chi connectivity index (χ2n) is 6.81. The number of methoxy groups -OCH3 is 3. The predicted octanol–water partition coefficient (Wildman–Crippen LogP) is 3.74. The van der Waals surface area contributed by atoms with Crippen LogP contribution in [0.1, 0.15) is 45.3 Å². The normalized spacial score (nSPS) is 28.2. The van der Waals surface area contributed by atoms with Crippen molar-refractivity contribution in [3.8, 4) is 23.0 Å². The van der Waals surface area contributed by atoms with Gasteiger partial charge in [-0.05, 0) is 33.6 Å². The largest absolute Gasteiger partial charge is 0.493 e. The lowest BCUT2D eigenvalue weighted by molar-refractivity contribution is -0.145. The van der Waals surface area contributed by atoms with Crippen molar-refractivity contribution in [2.75, 3.05) is 21.3 Å². The summed E-state index contributed by atoms with van der Waals surface area (Å²) in [7, 11) is 4.86. The zero-order chi connectivity index (χ0) is 16.8. The van der Waals surface area contributed by atoms with Gasteiger partial charge in [-0.25, -0.2) is 0 Å². The number of ether oxygens (including phenoxy) is 5. The van der Waals surface area contributed by atoms with Gasteiger partial charge in [0, 0.05) is 12.0 Å². The van der Waals surface area contributed by atoms with E-state index in [4.69, 9.17) is 23.7 Å². The van der Waals surface area contributed by atoms with Gasteiger partial charge in [-0.1, -0.05) is 0 Å². The molecule has 3 rings (SSSR count). The molecule has 2 heterocycles. The molecule has 0 amide bonds. The maximum atomic E-state index is 6.31. The van der Waals surface area contributed by atoms with Gasteiger partial charge in [0.05, 0.1) is 39.1 Å². The molecular formula is C18H26O5. The highest BCUT2D eigenvalue weighted by Crippen LogP contribution is 2.57. The number of fused-ring (bicyclic) bond motifs is 3. The van der Waals surface area contributed by atoms with E-state index in [2.05, 4.69) is 20.8 Å². The molecule has 3 atom stereocenters. The second kappa shape index (κ2) is 5.78. The van der Waals surface area contributed by atoms with E-state index in [0.717, 1.165) is 24.2 Å². The zero-order valence-electron chi connectivity index (χ0n) is 14.8. The lowest BCUT2D eigenvalue weighted by Crippen LogP contribution is -2.48. The van der Waals surface area contributed by atoms with E-state index in [1.807, 2.05) is 6.07 Å². The first kappa shape index (κ1) is 16.2. The fourth-order valence-electron chi connectivity index (χ4n) is 3.83. The van der Waals surface area contributed by atoms with Crippen molar-refractivity contribution in [1.29, 1.82) is 0 Å². The third-order valence-electron chi connectivity index (χ3n) is 5.01. The van der Waals surface area contributed by atoms with Gasteiger partial charge in [0.25, 0.3) is 0 Å². The van der Waals surface area contributed by atoms with Gasteiger partial charge in [0.2, 0.25) is 5.75 Å². The highest BCUT2D eigenvalue weighted by atomic mass is 16.5. The fraction of sp³-hybridized carbons (Fsp3) is 0.667. The Hall–Kier alpha value is -1.62. The quantitative estimate of drug-likeness (QED) is 0.848. The van der Waals surface area contributed by atoms with Crippen LogP contribution in [0, 0.1) is 5.92 Å². The van der Waals surface area contributed by atoms with Gasteiger partial charge in [0.15, 0.2) is 11.5 Å². The Bertz CT molecular complexity index is 596. The molecule has 5 nitrogen and oxygen atoms in total. The maximum absolute atomic E-state index is 6.31. The topological polar surface area (TPSA) is 46.2 Å². The van der Waals surface area contributed by atoms with E-state index in [-0.39, 0.29) is 23.7 Å². The molecule has 1 fully saturated rings.